The Morgan fingerprint density at radius 2 is 2.19 bits per heavy atom. The fourth-order valence-corrected chi connectivity index (χ4v) is 3.64. The van der Waals surface area contributed by atoms with E-state index in [1.165, 1.54) is 10.5 Å². The van der Waals surface area contributed by atoms with Crippen LogP contribution >= 0.6 is 0 Å². The zero-order valence-electron chi connectivity index (χ0n) is 12.7. The summed E-state index contributed by atoms with van der Waals surface area (Å²) >= 11 is 0. The van der Waals surface area contributed by atoms with E-state index < -0.39 is 10.0 Å². The molecule has 0 aliphatic heterocycles. The topological polar surface area (TPSA) is 86.1 Å². The van der Waals surface area contributed by atoms with E-state index in [-0.39, 0.29) is 24.0 Å². The fraction of sp³-hybridized carbons (Fsp3) is 0.571. The van der Waals surface area contributed by atoms with Crippen molar-refractivity contribution < 1.29 is 8.42 Å². The van der Waals surface area contributed by atoms with Crippen LogP contribution in [0.15, 0.2) is 23.4 Å². The number of nitrogens with one attached hydrogen (secondary N) is 1. The zero-order chi connectivity index (χ0) is 15.9. The molecule has 7 heteroatoms. The molecule has 0 unspecified atom stereocenters. The van der Waals surface area contributed by atoms with Gasteiger partial charge in [-0.15, -0.1) is 0 Å². The highest BCUT2D eigenvalue weighted by atomic mass is 32.2. The smallest absolute Gasteiger partial charge is 0.262 e. The predicted octanol–water partition coefficient (Wildman–Crippen LogP) is 2.22. The van der Waals surface area contributed by atoms with E-state index in [1.54, 1.807) is 26.0 Å². The second kappa shape index (κ2) is 7.96. The zero-order valence-corrected chi connectivity index (χ0v) is 13.5. The summed E-state index contributed by atoms with van der Waals surface area (Å²) in [5.74, 6) is 0. The molecular weight excluding hydrogens is 288 g/mol. The van der Waals surface area contributed by atoms with Crippen molar-refractivity contribution in [2.75, 3.05) is 18.4 Å². The Morgan fingerprint density at radius 3 is 2.76 bits per heavy atom. The molecular formula is C14H22N4O2S. The van der Waals surface area contributed by atoms with Crippen molar-refractivity contribution in [2.24, 2.45) is 0 Å². The molecule has 0 bridgehead atoms. The van der Waals surface area contributed by atoms with Crippen molar-refractivity contribution >= 4 is 15.7 Å². The lowest BCUT2D eigenvalue weighted by molar-refractivity contribution is 0.359. The molecule has 0 aliphatic rings. The van der Waals surface area contributed by atoms with Gasteiger partial charge in [-0.1, -0.05) is 6.92 Å². The van der Waals surface area contributed by atoms with Gasteiger partial charge >= 0.3 is 0 Å². The highest BCUT2D eigenvalue weighted by molar-refractivity contribution is 7.89. The summed E-state index contributed by atoms with van der Waals surface area (Å²) in [7, 11) is -3.73. The first-order chi connectivity index (χ1) is 9.95. The van der Waals surface area contributed by atoms with Gasteiger partial charge < -0.3 is 5.32 Å². The van der Waals surface area contributed by atoms with E-state index in [0.29, 0.717) is 12.2 Å². The number of hydrogen-bond acceptors (Lipinski definition) is 5. The first kappa shape index (κ1) is 17.4. The number of rotatable bonds is 8. The van der Waals surface area contributed by atoms with Gasteiger partial charge in [-0.2, -0.15) is 9.57 Å². The number of sulfonamides is 1. The lowest BCUT2D eigenvalue weighted by Gasteiger charge is -2.25. The van der Waals surface area contributed by atoms with Crippen LogP contribution < -0.4 is 5.32 Å². The van der Waals surface area contributed by atoms with Gasteiger partial charge in [0.2, 0.25) is 0 Å². The molecule has 0 radical (unpaired) electrons. The number of pyridine rings is 1. The first-order valence-corrected chi connectivity index (χ1v) is 8.46. The highest BCUT2D eigenvalue weighted by Crippen LogP contribution is 2.23. The van der Waals surface area contributed by atoms with Gasteiger partial charge in [-0.3, -0.25) is 0 Å². The van der Waals surface area contributed by atoms with Crippen LogP contribution in [-0.2, 0) is 10.0 Å². The van der Waals surface area contributed by atoms with E-state index in [1.807, 2.05) is 13.0 Å². The molecule has 0 saturated heterocycles. The Hall–Kier alpha value is -1.65. The fourth-order valence-electron chi connectivity index (χ4n) is 1.92. The first-order valence-electron chi connectivity index (χ1n) is 7.02. The summed E-state index contributed by atoms with van der Waals surface area (Å²) in [5, 5.41) is 11.8. The number of aromatic nitrogens is 1. The van der Waals surface area contributed by atoms with Crippen LogP contribution in [0.5, 0.6) is 0 Å². The minimum absolute atomic E-state index is 0.0186. The van der Waals surface area contributed by atoms with Gasteiger partial charge in [-0.05, 0) is 32.4 Å². The predicted molar refractivity (Wildman–Crippen MR) is 82.3 cm³/mol. The molecule has 0 amide bonds. The summed E-state index contributed by atoms with van der Waals surface area (Å²) in [6.45, 7) is 6.42. The molecule has 1 rings (SSSR count). The monoisotopic (exact) mass is 310 g/mol. The number of nitrogens with zero attached hydrogens (tertiary/aromatic N) is 3. The molecule has 1 heterocycles. The number of anilines is 1. The SMILES string of the molecule is CCCNc1cccnc1S(=O)(=O)N(CCC#N)C(C)C. The van der Waals surface area contributed by atoms with Crippen LogP contribution in [0.3, 0.4) is 0 Å². The Balaban J connectivity index is 3.19. The molecule has 1 N–H and O–H groups in total. The van der Waals surface area contributed by atoms with Crippen LogP contribution in [0.4, 0.5) is 5.69 Å². The van der Waals surface area contributed by atoms with Crippen molar-refractivity contribution in [1.29, 1.82) is 5.26 Å². The largest absolute Gasteiger partial charge is 0.383 e. The van der Waals surface area contributed by atoms with Crippen molar-refractivity contribution in [3.05, 3.63) is 18.3 Å². The van der Waals surface area contributed by atoms with E-state index in [9.17, 15) is 8.42 Å². The summed E-state index contributed by atoms with van der Waals surface area (Å²) < 4.78 is 26.9. The lowest BCUT2D eigenvalue weighted by Crippen LogP contribution is -2.38. The van der Waals surface area contributed by atoms with Crippen molar-refractivity contribution in [2.45, 2.75) is 44.7 Å². The van der Waals surface area contributed by atoms with Crippen LogP contribution in [0.25, 0.3) is 0 Å². The number of hydrogen-bond donors (Lipinski definition) is 1. The quantitative estimate of drug-likeness (QED) is 0.795. The summed E-state index contributed by atoms with van der Waals surface area (Å²) in [4.78, 5) is 4.04. The van der Waals surface area contributed by atoms with E-state index in [4.69, 9.17) is 5.26 Å². The van der Waals surface area contributed by atoms with Crippen molar-refractivity contribution in [1.82, 2.24) is 9.29 Å². The Morgan fingerprint density at radius 1 is 1.48 bits per heavy atom. The molecule has 6 nitrogen and oxygen atoms in total. The summed E-state index contributed by atoms with van der Waals surface area (Å²) in [6.07, 6.45) is 2.51. The molecule has 1 aromatic rings. The normalized spacial score (nSPS) is 11.6. The molecule has 116 valence electrons. The maximum atomic E-state index is 12.8. The summed E-state index contributed by atoms with van der Waals surface area (Å²) in [5.41, 5.74) is 0.502. The van der Waals surface area contributed by atoms with Crippen LogP contribution in [0.1, 0.15) is 33.6 Å². The van der Waals surface area contributed by atoms with Gasteiger partial charge in [-0.25, -0.2) is 13.4 Å². The molecule has 0 aliphatic carbocycles. The minimum atomic E-state index is -3.73. The third-order valence-corrected chi connectivity index (χ3v) is 4.95. The Labute approximate surface area is 126 Å². The molecule has 0 spiro atoms. The van der Waals surface area contributed by atoms with E-state index >= 15 is 0 Å². The molecule has 0 aromatic carbocycles. The van der Waals surface area contributed by atoms with Gasteiger partial charge in [0.25, 0.3) is 10.0 Å². The Kier molecular flexibility index (Phi) is 6.59. The lowest BCUT2D eigenvalue weighted by atomic mass is 10.3. The van der Waals surface area contributed by atoms with Gasteiger partial charge in [0.05, 0.1) is 11.8 Å². The van der Waals surface area contributed by atoms with Crippen LogP contribution in [-0.4, -0.2) is 36.8 Å². The molecule has 0 saturated carbocycles. The standard InChI is InChI=1S/C14H22N4O2S/c1-4-9-16-13-7-5-10-17-14(13)21(19,20)18(12(2)3)11-6-8-15/h5,7,10,12,16H,4,6,9,11H2,1-3H3. The van der Waals surface area contributed by atoms with Gasteiger partial charge in [0.1, 0.15) is 0 Å². The van der Waals surface area contributed by atoms with Gasteiger partial charge in [0.15, 0.2) is 5.03 Å². The van der Waals surface area contributed by atoms with Gasteiger partial charge in [0, 0.05) is 31.7 Å². The number of nitriles is 1. The maximum absolute atomic E-state index is 12.8. The van der Waals surface area contributed by atoms with Crippen LogP contribution in [0.2, 0.25) is 0 Å². The Bertz CT molecular complexity index is 593. The average Bonchev–Trinajstić information content (AvgIpc) is 2.45. The maximum Gasteiger partial charge on any atom is 0.262 e. The van der Waals surface area contributed by atoms with Crippen LogP contribution in [0, 0.1) is 11.3 Å². The van der Waals surface area contributed by atoms with E-state index in [0.717, 1.165) is 6.42 Å². The molecule has 0 fully saturated rings. The third-order valence-electron chi connectivity index (χ3n) is 2.91. The molecule has 0 atom stereocenters. The summed E-state index contributed by atoms with van der Waals surface area (Å²) in [6, 6.07) is 5.16. The highest BCUT2D eigenvalue weighted by Gasteiger charge is 2.30. The molecule has 1 aromatic heterocycles. The molecule has 21 heavy (non-hydrogen) atoms. The van der Waals surface area contributed by atoms with E-state index in [2.05, 4.69) is 10.3 Å². The second-order valence-electron chi connectivity index (χ2n) is 4.90. The minimum Gasteiger partial charge on any atom is -0.383 e. The third kappa shape index (κ3) is 4.41. The van der Waals surface area contributed by atoms with Crippen molar-refractivity contribution in [3.63, 3.8) is 0 Å². The van der Waals surface area contributed by atoms with Crippen molar-refractivity contribution in [3.8, 4) is 6.07 Å². The second-order valence-corrected chi connectivity index (χ2v) is 6.71. The average molecular weight is 310 g/mol.